The molecule has 2 aliphatic heterocycles. The number of nitrogens with zero attached hydrogens (tertiary/aromatic N) is 4. The van der Waals surface area contributed by atoms with E-state index in [1.165, 1.54) is 22.3 Å². The molecule has 4 amide bonds. The second-order valence-corrected chi connectivity index (χ2v) is 9.00. The molecule has 35 heavy (non-hydrogen) atoms. The Bertz CT molecular complexity index is 1260. The predicted octanol–water partition coefficient (Wildman–Crippen LogP) is 3.54. The smallest absolute Gasteiger partial charge is 0.331 e. The molecule has 0 saturated carbocycles. The fourth-order valence-corrected chi connectivity index (χ4v) is 5.18. The van der Waals surface area contributed by atoms with Crippen LogP contribution in [0.2, 0.25) is 0 Å². The van der Waals surface area contributed by atoms with Gasteiger partial charge in [-0.2, -0.15) is 0 Å². The number of anilines is 3. The lowest BCUT2D eigenvalue weighted by atomic mass is 10.1. The highest BCUT2D eigenvalue weighted by molar-refractivity contribution is 7.21. The van der Waals surface area contributed by atoms with Gasteiger partial charge in [-0.05, 0) is 37.1 Å². The van der Waals surface area contributed by atoms with Crippen LogP contribution in [0.15, 0.2) is 49.4 Å². The number of carbonyl (C=O) groups excluding carboxylic acids is 3. The number of hydrogen-bond donors (Lipinski definition) is 2. The summed E-state index contributed by atoms with van der Waals surface area (Å²) in [6.45, 7) is 4.62. The number of pyridine rings is 2. The van der Waals surface area contributed by atoms with E-state index in [2.05, 4.69) is 31.9 Å². The number of nitrogens with one attached hydrogen (secondary N) is 2. The molecule has 0 aromatic carbocycles. The Morgan fingerprint density at radius 3 is 2.83 bits per heavy atom. The van der Waals surface area contributed by atoms with Crippen molar-refractivity contribution in [1.29, 1.82) is 0 Å². The van der Waals surface area contributed by atoms with Crippen molar-refractivity contribution in [3.05, 3.63) is 54.3 Å². The van der Waals surface area contributed by atoms with Gasteiger partial charge in [-0.1, -0.05) is 6.58 Å². The van der Waals surface area contributed by atoms with Crippen LogP contribution < -0.4 is 15.5 Å². The summed E-state index contributed by atoms with van der Waals surface area (Å²) in [5.74, 6) is -0.431. The first-order valence-corrected chi connectivity index (χ1v) is 11.8. The first-order valence-electron chi connectivity index (χ1n) is 11.0. The number of piperidine rings is 1. The lowest BCUT2D eigenvalue weighted by Gasteiger charge is -2.32. The number of carbonyl (C=O) groups is 3. The monoisotopic (exact) mass is 494 g/mol. The van der Waals surface area contributed by atoms with Crippen molar-refractivity contribution in [1.82, 2.24) is 20.2 Å². The fourth-order valence-electron chi connectivity index (χ4n) is 4.16. The van der Waals surface area contributed by atoms with E-state index in [0.29, 0.717) is 39.9 Å². The summed E-state index contributed by atoms with van der Waals surface area (Å²) < 4.78 is 4.25. The number of aromatic nitrogens is 2. The number of amides is 4. The Kier molecular flexibility index (Phi) is 7.37. The molecule has 3 aromatic rings. The van der Waals surface area contributed by atoms with Crippen molar-refractivity contribution in [2.24, 2.45) is 0 Å². The van der Waals surface area contributed by atoms with E-state index < -0.39 is 0 Å². The number of rotatable bonds is 4. The zero-order chi connectivity index (χ0) is 24.9. The molecule has 1 saturated heterocycles. The molecule has 0 radical (unpaired) electrons. The summed E-state index contributed by atoms with van der Waals surface area (Å²) in [7, 11) is 3.25. The number of urea groups is 1. The maximum atomic E-state index is 13.2. The van der Waals surface area contributed by atoms with E-state index in [0.717, 1.165) is 18.2 Å². The van der Waals surface area contributed by atoms with E-state index in [9.17, 15) is 14.4 Å². The Labute approximate surface area is 206 Å². The molecule has 5 rings (SSSR count). The van der Waals surface area contributed by atoms with Crippen LogP contribution in [-0.4, -0.2) is 66.1 Å². The predicted molar refractivity (Wildman–Crippen MR) is 135 cm³/mol. The number of thiophene rings is 1. The highest BCUT2D eigenvalue weighted by atomic mass is 32.1. The van der Waals surface area contributed by atoms with E-state index in [-0.39, 0.29) is 23.9 Å². The Morgan fingerprint density at radius 1 is 1.31 bits per heavy atom. The summed E-state index contributed by atoms with van der Waals surface area (Å²) in [6.07, 6.45) is 7.74. The molecule has 2 aliphatic rings. The van der Waals surface area contributed by atoms with Crippen LogP contribution in [0.3, 0.4) is 0 Å². The van der Waals surface area contributed by atoms with Crippen LogP contribution in [0.4, 0.5) is 21.9 Å². The summed E-state index contributed by atoms with van der Waals surface area (Å²) in [4.78, 5) is 50.9. The van der Waals surface area contributed by atoms with Crippen molar-refractivity contribution in [3.8, 4) is 0 Å². The Hall–Kier alpha value is -3.83. The highest BCUT2D eigenvalue weighted by Crippen LogP contribution is 2.45. The molecule has 1 atom stereocenters. The van der Waals surface area contributed by atoms with Gasteiger partial charge in [0.1, 0.15) is 9.71 Å². The van der Waals surface area contributed by atoms with Gasteiger partial charge in [0.25, 0.3) is 5.91 Å². The van der Waals surface area contributed by atoms with Gasteiger partial charge in [0, 0.05) is 45.7 Å². The number of methoxy groups -OCH3 is 1. The zero-order valence-electron chi connectivity index (χ0n) is 19.5. The van der Waals surface area contributed by atoms with Gasteiger partial charge < -0.3 is 20.3 Å². The second kappa shape index (κ2) is 10.6. The number of hydrogen-bond acceptors (Lipinski definition) is 7. The Morgan fingerprint density at radius 2 is 2.11 bits per heavy atom. The molecule has 0 spiro atoms. The minimum Gasteiger partial charge on any atom is -0.388 e. The average Bonchev–Trinajstić information content (AvgIpc) is 3.24. The number of likely N-dealkylation sites (tertiary alicyclic amines) is 1. The van der Waals surface area contributed by atoms with E-state index in [4.69, 9.17) is 0 Å². The van der Waals surface area contributed by atoms with Gasteiger partial charge in [0.15, 0.2) is 0 Å². The highest BCUT2D eigenvalue weighted by Gasteiger charge is 2.33. The third kappa shape index (κ3) is 4.86. The molecule has 3 aromatic heterocycles. The van der Waals surface area contributed by atoms with Crippen LogP contribution >= 0.6 is 11.3 Å². The summed E-state index contributed by atoms with van der Waals surface area (Å²) >= 11 is 1.23. The minimum atomic E-state index is -0.370. The van der Waals surface area contributed by atoms with Gasteiger partial charge in [0.05, 0.1) is 28.6 Å². The van der Waals surface area contributed by atoms with Crippen molar-refractivity contribution < 1.29 is 19.1 Å². The summed E-state index contributed by atoms with van der Waals surface area (Å²) in [6, 6.07) is 4.77. The first kappa shape index (κ1) is 24.3. The third-order valence-electron chi connectivity index (χ3n) is 5.60. The largest absolute Gasteiger partial charge is 0.388 e. The van der Waals surface area contributed by atoms with Crippen LogP contribution in [-0.2, 0) is 9.53 Å². The summed E-state index contributed by atoms with van der Waals surface area (Å²) in [5, 5.41) is 6.61. The molecular weight excluding hydrogens is 468 g/mol. The van der Waals surface area contributed by atoms with Crippen molar-refractivity contribution in [3.63, 3.8) is 0 Å². The van der Waals surface area contributed by atoms with Gasteiger partial charge in [-0.25, -0.2) is 9.78 Å². The summed E-state index contributed by atoms with van der Waals surface area (Å²) in [5.41, 5.74) is 1.73. The topological polar surface area (TPSA) is 117 Å². The standard InChI is InChI=1S/C22H20N6O3S.C2H6O/c1-2-16(29)27-10-4-5-13(12-27)25-20(30)19-18-17-15(7-9-24-21(17)32-19)28(22(31)26-18)14-6-3-8-23-11-14;1-3-2/h2-3,6-9,11,13H,1,4-5,10,12H2,(H,25,30)(H,26,31);1-2H3. The van der Waals surface area contributed by atoms with Gasteiger partial charge in [-0.15, -0.1) is 11.3 Å². The molecular formula is C24H26N6O4S. The Balaban J connectivity index is 0.000000917. The third-order valence-corrected chi connectivity index (χ3v) is 6.70. The molecule has 182 valence electrons. The lowest BCUT2D eigenvalue weighted by Crippen LogP contribution is -2.49. The maximum Gasteiger partial charge on any atom is 0.331 e. The fraction of sp³-hybridized carbons (Fsp3) is 0.292. The van der Waals surface area contributed by atoms with Gasteiger partial charge in [0.2, 0.25) is 5.91 Å². The van der Waals surface area contributed by atoms with E-state index in [1.807, 2.05) is 0 Å². The molecule has 0 bridgehead atoms. The quantitative estimate of drug-likeness (QED) is 0.536. The van der Waals surface area contributed by atoms with E-state index in [1.54, 1.807) is 55.9 Å². The van der Waals surface area contributed by atoms with E-state index >= 15 is 0 Å². The van der Waals surface area contributed by atoms with Crippen molar-refractivity contribution >= 4 is 56.5 Å². The molecule has 1 fully saturated rings. The molecule has 11 heteroatoms. The zero-order valence-corrected chi connectivity index (χ0v) is 20.3. The van der Waals surface area contributed by atoms with Crippen LogP contribution in [0.5, 0.6) is 0 Å². The SMILES string of the molecule is C=CC(=O)N1CCCC(NC(=O)c2sc3nccc4c3c2NC(=O)N4c2cccnc2)C1.COC. The van der Waals surface area contributed by atoms with Gasteiger partial charge in [-0.3, -0.25) is 19.5 Å². The molecule has 10 nitrogen and oxygen atoms in total. The normalized spacial score (nSPS) is 16.7. The second-order valence-electron chi connectivity index (χ2n) is 8.00. The molecule has 1 unspecified atom stereocenters. The van der Waals surface area contributed by atoms with Crippen LogP contribution in [0, 0.1) is 0 Å². The number of ether oxygens (including phenoxy) is 1. The van der Waals surface area contributed by atoms with Crippen LogP contribution in [0.25, 0.3) is 10.2 Å². The average molecular weight is 495 g/mol. The molecule has 2 N–H and O–H groups in total. The van der Waals surface area contributed by atoms with Gasteiger partial charge >= 0.3 is 6.03 Å². The van der Waals surface area contributed by atoms with Crippen LogP contribution in [0.1, 0.15) is 22.5 Å². The minimum absolute atomic E-state index is 0.141. The maximum absolute atomic E-state index is 13.2. The lowest BCUT2D eigenvalue weighted by molar-refractivity contribution is -0.127. The van der Waals surface area contributed by atoms with Crippen molar-refractivity contribution in [2.45, 2.75) is 18.9 Å². The molecule has 5 heterocycles. The first-order chi connectivity index (χ1) is 17.0. The van der Waals surface area contributed by atoms with Crippen molar-refractivity contribution in [2.75, 3.05) is 37.5 Å². The molecule has 0 aliphatic carbocycles.